The highest BCUT2D eigenvalue weighted by atomic mass is 32.2. The second-order valence-corrected chi connectivity index (χ2v) is 7.77. The van der Waals surface area contributed by atoms with Crippen LogP contribution in [0.4, 0.5) is 0 Å². The zero-order valence-corrected chi connectivity index (χ0v) is 15.0. The molecule has 2 aromatic carbocycles. The van der Waals surface area contributed by atoms with E-state index in [2.05, 4.69) is 0 Å². The Balaban J connectivity index is 1.98. The minimum absolute atomic E-state index is 0.178. The Hall–Kier alpha value is -1.50. The van der Waals surface area contributed by atoms with Crippen LogP contribution in [0, 0.1) is 6.92 Å². The number of thioether (sulfide) groups is 1. The van der Waals surface area contributed by atoms with E-state index < -0.39 is 16.2 Å². The van der Waals surface area contributed by atoms with Gasteiger partial charge in [0.05, 0.1) is 18.1 Å². The predicted molar refractivity (Wildman–Crippen MR) is 92.6 cm³/mol. The van der Waals surface area contributed by atoms with Crippen LogP contribution < -0.4 is 4.74 Å². The van der Waals surface area contributed by atoms with Gasteiger partial charge in [-0.2, -0.15) is 8.42 Å². The summed E-state index contributed by atoms with van der Waals surface area (Å²) < 4.78 is 35.0. The van der Waals surface area contributed by atoms with Crippen molar-refractivity contribution in [2.45, 2.75) is 29.7 Å². The molecule has 0 spiro atoms. The summed E-state index contributed by atoms with van der Waals surface area (Å²) in [5.74, 6) is 1.27. The molecule has 2 rings (SSSR count). The highest BCUT2D eigenvalue weighted by molar-refractivity contribution is 7.99. The highest BCUT2D eigenvalue weighted by Gasteiger charge is 2.19. The Morgan fingerprint density at radius 3 is 2.39 bits per heavy atom. The first-order valence-corrected chi connectivity index (χ1v) is 9.57. The van der Waals surface area contributed by atoms with Crippen LogP contribution in [0.15, 0.2) is 58.3 Å². The molecule has 4 nitrogen and oxygen atoms in total. The van der Waals surface area contributed by atoms with Crippen molar-refractivity contribution >= 4 is 21.9 Å². The van der Waals surface area contributed by atoms with Gasteiger partial charge in [-0.25, -0.2) is 0 Å². The fourth-order valence-corrected chi connectivity index (χ4v) is 4.07. The molecule has 6 heteroatoms. The molecule has 0 aromatic heterocycles. The van der Waals surface area contributed by atoms with Gasteiger partial charge in [0.15, 0.2) is 0 Å². The minimum atomic E-state index is -3.74. The van der Waals surface area contributed by atoms with Crippen molar-refractivity contribution in [2.75, 3.05) is 12.9 Å². The molecule has 0 aliphatic rings. The zero-order valence-electron chi connectivity index (χ0n) is 13.4. The van der Waals surface area contributed by atoms with Crippen LogP contribution in [0.1, 0.15) is 12.5 Å². The number of aryl methyl sites for hydroxylation is 1. The smallest absolute Gasteiger partial charge is 0.297 e. The van der Waals surface area contributed by atoms with E-state index in [1.54, 1.807) is 38.3 Å². The third kappa shape index (κ3) is 4.99. The molecule has 0 radical (unpaired) electrons. The summed E-state index contributed by atoms with van der Waals surface area (Å²) >= 11 is 1.50. The van der Waals surface area contributed by atoms with E-state index in [9.17, 15) is 8.42 Å². The molecule has 0 N–H and O–H groups in total. The number of hydrogen-bond acceptors (Lipinski definition) is 5. The van der Waals surface area contributed by atoms with E-state index in [1.165, 1.54) is 11.8 Å². The normalized spacial score (nSPS) is 12.8. The van der Waals surface area contributed by atoms with Crippen molar-refractivity contribution < 1.29 is 17.3 Å². The van der Waals surface area contributed by atoms with Crippen molar-refractivity contribution in [2.24, 2.45) is 0 Å². The van der Waals surface area contributed by atoms with Crippen molar-refractivity contribution in [3.8, 4) is 5.75 Å². The first kappa shape index (κ1) is 17.8. The van der Waals surface area contributed by atoms with Gasteiger partial charge in [-0.15, -0.1) is 11.8 Å². The summed E-state index contributed by atoms with van der Waals surface area (Å²) in [7, 11) is -2.13. The lowest BCUT2D eigenvalue weighted by Crippen LogP contribution is -2.17. The van der Waals surface area contributed by atoms with Gasteiger partial charge in [0, 0.05) is 10.6 Å². The number of methoxy groups -OCH3 is 1. The number of rotatable bonds is 7. The van der Waals surface area contributed by atoms with Gasteiger partial charge >= 0.3 is 0 Å². The predicted octanol–water partition coefficient (Wildman–Crippen LogP) is 3.89. The molecule has 124 valence electrons. The van der Waals surface area contributed by atoms with Gasteiger partial charge in [-0.1, -0.05) is 29.8 Å². The van der Waals surface area contributed by atoms with Gasteiger partial charge < -0.3 is 4.74 Å². The fourth-order valence-electron chi connectivity index (χ4n) is 1.95. The molecular weight excluding hydrogens is 332 g/mol. The van der Waals surface area contributed by atoms with Crippen molar-refractivity contribution in [3.05, 3.63) is 54.1 Å². The van der Waals surface area contributed by atoms with E-state index in [0.717, 1.165) is 16.2 Å². The molecule has 23 heavy (non-hydrogen) atoms. The average molecular weight is 352 g/mol. The Morgan fingerprint density at radius 1 is 1.09 bits per heavy atom. The van der Waals surface area contributed by atoms with Crippen LogP contribution in [0.3, 0.4) is 0 Å². The highest BCUT2D eigenvalue weighted by Crippen LogP contribution is 2.30. The third-order valence-electron chi connectivity index (χ3n) is 3.14. The molecule has 0 bridgehead atoms. The third-order valence-corrected chi connectivity index (χ3v) is 5.86. The SMILES string of the molecule is COc1ccccc1SCC(C)OS(=O)(=O)c1ccc(C)cc1. The molecule has 1 unspecified atom stereocenters. The van der Waals surface area contributed by atoms with Gasteiger partial charge in [0.25, 0.3) is 10.1 Å². The summed E-state index contributed by atoms with van der Waals surface area (Å²) in [4.78, 5) is 1.13. The maximum atomic E-state index is 12.2. The lowest BCUT2D eigenvalue weighted by molar-refractivity contribution is 0.253. The number of hydrogen-bond donors (Lipinski definition) is 0. The van der Waals surface area contributed by atoms with Gasteiger partial charge in [-0.3, -0.25) is 4.18 Å². The maximum absolute atomic E-state index is 12.2. The summed E-state index contributed by atoms with van der Waals surface area (Å²) in [5, 5.41) is 0. The topological polar surface area (TPSA) is 52.6 Å². The van der Waals surface area contributed by atoms with Crippen LogP contribution in [-0.2, 0) is 14.3 Å². The molecule has 0 saturated heterocycles. The van der Waals surface area contributed by atoms with Crippen molar-refractivity contribution in [1.82, 2.24) is 0 Å². The molecule has 0 saturated carbocycles. The molecule has 0 fully saturated rings. The van der Waals surface area contributed by atoms with Crippen molar-refractivity contribution in [1.29, 1.82) is 0 Å². The molecule has 0 aliphatic heterocycles. The van der Waals surface area contributed by atoms with E-state index in [0.29, 0.717) is 5.75 Å². The number of benzene rings is 2. The molecular formula is C17H20O4S2. The van der Waals surface area contributed by atoms with Crippen LogP contribution in [-0.4, -0.2) is 27.4 Å². The number of ether oxygens (including phenoxy) is 1. The van der Waals surface area contributed by atoms with E-state index >= 15 is 0 Å². The maximum Gasteiger partial charge on any atom is 0.297 e. The zero-order chi connectivity index (χ0) is 16.9. The standard InChI is InChI=1S/C17H20O4S2/c1-13-8-10-15(11-9-13)23(18,19)21-14(2)12-22-17-7-5-4-6-16(17)20-3/h4-11,14H,12H2,1-3H3. The summed E-state index contributed by atoms with van der Waals surface area (Å²) in [6, 6.07) is 14.2. The molecule has 0 heterocycles. The van der Waals surface area contributed by atoms with Gasteiger partial charge in [0.1, 0.15) is 5.75 Å². The molecule has 0 amide bonds. The Bertz CT molecular complexity index is 739. The van der Waals surface area contributed by atoms with E-state index in [1.807, 2.05) is 31.2 Å². The van der Waals surface area contributed by atoms with Crippen LogP contribution in [0.25, 0.3) is 0 Å². The first-order valence-electron chi connectivity index (χ1n) is 7.18. The second kappa shape index (κ2) is 7.86. The summed E-state index contributed by atoms with van der Waals surface area (Å²) in [5.41, 5.74) is 1.00. The molecule has 2 aromatic rings. The Kier molecular flexibility index (Phi) is 6.10. The molecule has 1 atom stereocenters. The van der Waals surface area contributed by atoms with Crippen LogP contribution in [0.2, 0.25) is 0 Å². The van der Waals surface area contributed by atoms with Gasteiger partial charge in [0.2, 0.25) is 0 Å². The average Bonchev–Trinajstić information content (AvgIpc) is 2.53. The Morgan fingerprint density at radius 2 is 1.74 bits per heavy atom. The van der Waals surface area contributed by atoms with Crippen LogP contribution >= 0.6 is 11.8 Å². The fraction of sp³-hybridized carbons (Fsp3) is 0.294. The Labute approximate surface area is 141 Å². The second-order valence-electron chi connectivity index (χ2n) is 5.14. The largest absolute Gasteiger partial charge is 0.496 e. The lowest BCUT2D eigenvalue weighted by Gasteiger charge is -2.14. The van der Waals surface area contributed by atoms with E-state index in [-0.39, 0.29) is 4.90 Å². The summed E-state index contributed by atoms with van der Waals surface area (Å²) in [6.07, 6.45) is -0.448. The van der Waals surface area contributed by atoms with Crippen LogP contribution in [0.5, 0.6) is 5.75 Å². The number of para-hydroxylation sites is 1. The van der Waals surface area contributed by atoms with Crippen molar-refractivity contribution in [3.63, 3.8) is 0 Å². The minimum Gasteiger partial charge on any atom is -0.496 e. The quantitative estimate of drug-likeness (QED) is 0.559. The first-order chi connectivity index (χ1) is 10.9. The van der Waals surface area contributed by atoms with Gasteiger partial charge in [-0.05, 0) is 38.1 Å². The monoisotopic (exact) mass is 352 g/mol. The molecule has 0 aliphatic carbocycles. The summed E-state index contributed by atoms with van der Waals surface area (Å²) in [6.45, 7) is 3.65. The lowest BCUT2D eigenvalue weighted by atomic mass is 10.2. The van der Waals surface area contributed by atoms with E-state index in [4.69, 9.17) is 8.92 Å².